The summed E-state index contributed by atoms with van der Waals surface area (Å²) >= 11 is 0. The molecule has 1 fully saturated rings. The minimum Gasteiger partial charge on any atom is -0.311 e. The fourth-order valence-corrected chi connectivity index (χ4v) is 8.00. The first-order valence-corrected chi connectivity index (χ1v) is 17.2. The Morgan fingerprint density at radius 3 is 1.06 bits per heavy atom. The van der Waals surface area contributed by atoms with Gasteiger partial charge >= 0.3 is 0 Å². The monoisotopic (exact) mass is 612 g/mol. The molecule has 0 N–H and O–H groups in total. The van der Waals surface area contributed by atoms with E-state index in [-0.39, 0.29) is 5.41 Å². The molecule has 0 aromatic heterocycles. The van der Waals surface area contributed by atoms with Crippen LogP contribution in [0.25, 0.3) is 0 Å². The van der Waals surface area contributed by atoms with Crippen molar-refractivity contribution in [1.82, 2.24) is 0 Å². The molecule has 0 aliphatic heterocycles. The van der Waals surface area contributed by atoms with Crippen LogP contribution in [-0.4, -0.2) is 0 Å². The normalized spacial score (nSPS) is 15.7. The van der Waals surface area contributed by atoms with Gasteiger partial charge in [0.05, 0.1) is 0 Å². The van der Waals surface area contributed by atoms with E-state index in [0.717, 1.165) is 29.2 Å². The predicted octanol–water partition coefficient (Wildman–Crippen LogP) is 12.8. The minimum absolute atomic E-state index is 0.0435. The summed E-state index contributed by atoms with van der Waals surface area (Å²) in [7, 11) is 0. The Bertz CT molecular complexity index is 1630. The van der Waals surface area contributed by atoms with Gasteiger partial charge in [-0.3, -0.25) is 0 Å². The molecule has 1 aliphatic rings. The molecule has 7 rings (SSSR count). The number of benzene rings is 6. The van der Waals surface area contributed by atoms with Gasteiger partial charge in [-0.2, -0.15) is 0 Å². The van der Waals surface area contributed by atoms with Gasteiger partial charge in [0.25, 0.3) is 0 Å². The predicted molar refractivity (Wildman–Crippen MR) is 200 cm³/mol. The van der Waals surface area contributed by atoms with Gasteiger partial charge in [-0.25, -0.2) is 0 Å². The molecule has 0 amide bonds. The quantitative estimate of drug-likeness (QED) is 0.160. The van der Waals surface area contributed by atoms with Gasteiger partial charge in [-0.15, -0.1) is 0 Å². The largest absolute Gasteiger partial charge is 0.311 e. The fraction of sp³-hybridized carbons (Fsp3) is 0.200. The van der Waals surface area contributed by atoms with Crippen molar-refractivity contribution in [3.63, 3.8) is 0 Å². The molecule has 2 heteroatoms. The summed E-state index contributed by atoms with van der Waals surface area (Å²) in [6.07, 6.45) is 4.96. The highest BCUT2D eigenvalue weighted by molar-refractivity contribution is 5.78. The second-order valence-corrected chi connectivity index (χ2v) is 13.2. The number of nitrogens with zero attached hydrogens (tertiary/aromatic N) is 2. The zero-order chi connectivity index (χ0) is 32.1. The standard InChI is InChI=1S/C45H44N2/c1-35(2)44-25-15-16-34-45(44,36-26-30-42(31-27-36)46(38-17-7-3-8-18-38)39-19-9-4-10-20-39)37-28-32-43(33-29-37)47(40-21-11-5-12-22-40)41-23-13-6-14-24-41/h3-14,17-24,26-33,35,44H,15-16,25,34H2,1-2H3. The lowest BCUT2D eigenvalue weighted by molar-refractivity contribution is 0.170. The highest BCUT2D eigenvalue weighted by atomic mass is 15.1. The maximum atomic E-state index is 2.42. The van der Waals surface area contributed by atoms with Gasteiger partial charge in [-0.1, -0.05) is 124 Å². The molecule has 0 bridgehead atoms. The SMILES string of the molecule is CC(C)C1CCCCC1(c1ccc(N(c2ccccc2)c2ccccc2)cc1)c1ccc(N(c2ccccc2)c2ccccc2)cc1. The number of para-hydroxylation sites is 4. The van der Waals surface area contributed by atoms with Crippen LogP contribution >= 0.6 is 0 Å². The maximum Gasteiger partial charge on any atom is 0.0461 e. The number of hydrogen-bond acceptors (Lipinski definition) is 2. The van der Waals surface area contributed by atoms with Gasteiger partial charge in [0, 0.05) is 39.5 Å². The number of hydrogen-bond donors (Lipinski definition) is 0. The maximum absolute atomic E-state index is 2.42. The second kappa shape index (κ2) is 13.7. The van der Waals surface area contributed by atoms with E-state index in [9.17, 15) is 0 Å². The van der Waals surface area contributed by atoms with E-state index in [4.69, 9.17) is 0 Å². The minimum atomic E-state index is -0.0435. The zero-order valence-electron chi connectivity index (χ0n) is 27.5. The summed E-state index contributed by atoms with van der Waals surface area (Å²) in [5.74, 6) is 1.14. The highest BCUT2D eigenvalue weighted by Crippen LogP contribution is 2.52. The third-order valence-electron chi connectivity index (χ3n) is 10.1. The van der Waals surface area contributed by atoms with Crippen molar-refractivity contribution in [2.75, 3.05) is 9.80 Å². The molecule has 0 saturated heterocycles. The van der Waals surface area contributed by atoms with Crippen molar-refractivity contribution in [2.24, 2.45) is 11.8 Å². The first-order chi connectivity index (χ1) is 23.1. The van der Waals surface area contributed by atoms with E-state index in [2.05, 4.69) is 194 Å². The lowest BCUT2D eigenvalue weighted by Crippen LogP contribution is -2.42. The molecule has 2 nitrogen and oxygen atoms in total. The molecule has 6 aromatic rings. The molecule has 1 atom stereocenters. The van der Waals surface area contributed by atoms with Crippen LogP contribution in [0.3, 0.4) is 0 Å². The van der Waals surface area contributed by atoms with Crippen molar-refractivity contribution >= 4 is 34.1 Å². The first-order valence-electron chi connectivity index (χ1n) is 17.2. The van der Waals surface area contributed by atoms with Crippen LogP contribution in [0.2, 0.25) is 0 Å². The van der Waals surface area contributed by atoms with Gasteiger partial charge < -0.3 is 9.80 Å². The first kappa shape index (κ1) is 30.6. The van der Waals surface area contributed by atoms with Crippen LogP contribution in [0.4, 0.5) is 34.1 Å². The smallest absolute Gasteiger partial charge is 0.0461 e. The third-order valence-corrected chi connectivity index (χ3v) is 10.1. The summed E-state index contributed by atoms with van der Waals surface area (Å²) in [5.41, 5.74) is 9.81. The van der Waals surface area contributed by atoms with E-state index in [0.29, 0.717) is 11.8 Å². The van der Waals surface area contributed by atoms with Gasteiger partial charge in [-0.05, 0) is 109 Å². The van der Waals surface area contributed by atoms with Gasteiger partial charge in [0.15, 0.2) is 0 Å². The van der Waals surface area contributed by atoms with E-state index in [1.807, 2.05) is 0 Å². The van der Waals surface area contributed by atoms with Crippen LogP contribution in [0, 0.1) is 11.8 Å². The zero-order valence-corrected chi connectivity index (χ0v) is 27.5. The second-order valence-electron chi connectivity index (χ2n) is 13.2. The van der Waals surface area contributed by atoms with Gasteiger partial charge in [0.1, 0.15) is 0 Å². The van der Waals surface area contributed by atoms with E-state index >= 15 is 0 Å². The molecule has 0 spiro atoms. The summed E-state index contributed by atoms with van der Waals surface area (Å²) in [4.78, 5) is 4.71. The van der Waals surface area contributed by atoms with Crippen LogP contribution in [-0.2, 0) is 5.41 Å². The Morgan fingerprint density at radius 1 is 0.426 bits per heavy atom. The summed E-state index contributed by atoms with van der Waals surface area (Å²) in [6, 6.07) is 61.8. The molecular formula is C45H44N2. The molecule has 1 saturated carbocycles. The van der Waals surface area contributed by atoms with Gasteiger partial charge in [0.2, 0.25) is 0 Å². The Kier molecular flexibility index (Phi) is 8.93. The average Bonchev–Trinajstić information content (AvgIpc) is 3.14. The Labute approximate surface area is 281 Å². The topological polar surface area (TPSA) is 6.48 Å². The van der Waals surface area contributed by atoms with E-state index in [1.54, 1.807) is 0 Å². The van der Waals surface area contributed by atoms with E-state index < -0.39 is 0 Å². The molecule has 0 radical (unpaired) electrons. The van der Waals surface area contributed by atoms with Crippen molar-refractivity contribution < 1.29 is 0 Å². The summed E-state index contributed by atoms with van der Waals surface area (Å²) < 4.78 is 0. The van der Waals surface area contributed by atoms with Crippen LogP contribution in [0.5, 0.6) is 0 Å². The summed E-state index contributed by atoms with van der Waals surface area (Å²) in [5, 5.41) is 0. The third kappa shape index (κ3) is 6.09. The Hall–Kier alpha value is -5.08. The summed E-state index contributed by atoms with van der Waals surface area (Å²) in [6.45, 7) is 4.85. The average molecular weight is 613 g/mol. The van der Waals surface area contributed by atoms with Crippen molar-refractivity contribution in [3.8, 4) is 0 Å². The van der Waals surface area contributed by atoms with Crippen LogP contribution in [0.1, 0.15) is 50.7 Å². The molecule has 6 aromatic carbocycles. The molecule has 0 heterocycles. The van der Waals surface area contributed by atoms with Crippen LogP contribution < -0.4 is 9.80 Å². The fourth-order valence-electron chi connectivity index (χ4n) is 8.00. The van der Waals surface area contributed by atoms with Crippen molar-refractivity contribution in [3.05, 3.63) is 181 Å². The van der Waals surface area contributed by atoms with Crippen molar-refractivity contribution in [2.45, 2.75) is 44.9 Å². The molecular weight excluding hydrogens is 569 g/mol. The number of rotatable bonds is 9. The number of anilines is 6. The van der Waals surface area contributed by atoms with E-state index in [1.165, 1.54) is 41.8 Å². The van der Waals surface area contributed by atoms with Crippen molar-refractivity contribution in [1.29, 1.82) is 0 Å². The lowest BCUT2D eigenvalue weighted by Gasteiger charge is -2.48. The molecule has 234 valence electrons. The molecule has 1 aliphatic carbocycles. The Balaban J connectivity index is 1.31. The molecule has 47 heavy (non-hydrogen) atoms. The Morgan fingerprint density at radius 2 is 0.745 bits per heavy atom. The highest BCUT2D eigenvalue weighted by Gasteiger charge is 2.44. The molecule has 1 unspecified atom stereocenters. The van der Waals surface area contributed by atoms with Crippen LogP contribution in [0.15, 0.2) is 170 Å². The lowest BCUT2D eigenvalue weighted by atomic mass is 9.56.